The van der Waals surface area contributed by atoms with Gasteiger partial charge in [0.25, 0.3) is 5.91 Å². The maximum atomic E-state index is 13.8. The van der Waals surface area contributed by atoms with E-state index in [0.29, 0.717) is 30.5 Å². The molecule has 2 aromatic carbocycles. The molecule has 2 fully saturated rings. The first kappa shape index (κ1) is 24.7. The number of sulfonamides is 1. The first-order valence-electron chi connectivity index (χ1n) is 12.5. The average Bonchev–Trinajstić information content (AvgIpc) is 2.85. The third-order valence-electron chi connectivity index (χ3n) is 7.35. The van der Waals surface area contributed by atoms with Gasteiger partial charge < -0.3 is 10.2 Å². The fourth-order valence-corrected chi connectivity index (χ4v) is 6.55. The zero-order valence-corrected chi connectivity index (χ0v) is 21.4. The normalized spacial score (nSPS) is 19.7. The molecule has 2 aliphatic rings. The molecule has 1 N–H and O–H groups in total. The highest BCUT2D eigenvalue weighted by Gasteiger charge is 2.32. The van der Waals surface area contributed by atoms with E-state index in [1.807, 2.05) is 43.3 Å². The number of anilines is 1. The van der Waals surface area contributed by atoms with Gasteiger partial charge in [0.2, 0.25) is 10.0 Å². The van der Waals surface area contributed by atoms with Crippen molar-refractivity contribution in [2.24, 2.45) is 11.8 Å². The van der Waals surface area contributed by atoms with E-state index < -0.39 is 10.0 Å². The molecular weight excluding hydrogens is 446 g/mol. The van der Waals surface area contributed by atoms with Crippen LogP contribution in [0.1, 0.15) is 68.4 Å². The number of carbonyl (C=O) groups is 1. The second-order valence-electron chi connectivity index (χ2n) is 10.0. The molecule has 6 nitrogen and oxygen atoms in total. The van der Waals surface area contributed by atoms with Gasteiger partial charge in [-0.05, 0) is 68.2 Å². The summed E-state index contributed by atoms with van der Waals surface area (Å²) in [5.74, 6) is 0.911. The van der Waals surface area contributed by atoms with Crippen molar-refractivity contribution in [3.05, 3.63) is 59.7 Å². The van der Waals surface area contributed by atoms with Crippen LogP contribution in [0, 0.1) is 11.8 Å². The fourth-order valence-electron chi connectivity index (χ4n) is 4.84. The van der Waals surface area contributed by atoms with E-state index in [2.05, 4.69) is 24.1 Å². The molecule has 0 spiro atoms. The highest BCUT2D eigenvalue weighted by atomic mass is 32.2. The Morgan fingerprint density at radius 2 is 1.50 bits per heavy atom. The molecule has 34 heavy (non-hydrogen) atoms. The van der Waals surface area contributed by atoms with Crippen LogP contribution < -0.4 is 10.2 Å². The van der Waals surface area contributed by atoms with E-state index in [0.717, 1.165) is 50.0 Å². The van der Waals surface area contributed by atoms with Crippen molar-refractivity contribution in [2.45, 2.75) is 57.4 Å². The van der Waals surface area contributed by atoms with Gasteiger partial charge in [0.15, 0.2) is 0 Å². The van der Waals surface area contributed by atoms with Crippen LogP contribution in [-0.2, 0) is 10.0 Å². The lowest BCUT2D eigenvalue weighted by Crippen LogP contribution is -2.40. The average molecular weight is 484 g/mol. The van der Waals surface area contributed by atoms with Gasteiger partial charge in [-0.1, -0.05) is 44.2 Å². The number of benzene rings is 2. The number of rotatable bonds is 6. The van der Waals surface area contributed by atoms with Crippen LogP contribution in [0.25, 0.3) is 0 Å². The monoisotopic (exact) mass is 483 g/mol. The number of carbonyl (C=O) groups excluding carboxylic acids is 1. The Labute approximate surface area is 204 Å². The van der Waals surface area contributed by atoms with Crippen molar-refractivity contribution < 1.29 is 13.2 Å². The van der Waals surface area contributed by atoms with Gasteiger partial charge in [-0.15, -0.1) is 0 Å². The highest BCUT2D eigenvalue weighted by Crippen LogP contribution is 2.34. The third kappa shape index (κ3) is 5.47. The highest BCUT2D eigenvalue weighted by molar-refractivity contribution is 7.89. The quantitative estimate of drug-likeness (QED) is 0.639. The maximum Gasteiger partial charge on any atom is 0.251 e. The molecule has 0 aliphatic carbocycles. The first-order valence-corrected chi connectivity index (χ1v) is 13.9. The van der Waals surface area contributed by atoms with Crippen molar-refractivity contribution in [3.8, 4) is 0 Å². The molecule has 7 heteroatoms. The van der Waals surface area contributed by atoms with Crippen molar-refractivity contribution in [1.82, 2.24) is 9.62 Å². The van der Waals surface area contributed by atoms with E-state index in [-0.39, 0.29) is 16.8 Å². The van der Waals surface area contributed by atoms with Gasteiger partial charge in [-0.2, -0.15) is 4.31 Å². The number of piperidine rings is 2. The summed E-state index contributed by atoms with van der Waals surface area (Å²) < 4.78 is 29.2. The Bertz CT molecular complexity index is 1090. The SMILES string of the molecule is CC1CCN(c2ccc(C(=O)N[C@@H](C)c3ccccc3)cc2S(=O)(=O)N2CCC(C)CC2)CC1. The summed E-state index contributed by atoms with van der Waals surface area (Å²) in [6.45, 7) is 9.06. The molecule has 0 radical (unpaired) electrons. The number of nitrogens with one attached hydrogen (secondary N) is 1. The van der Waals surface area contributed by atoms with Crippen LogP contribution in [-0.4, -0.2) is 44.8 Å². The van der Waals surface area contributed by atoms with E-state index in [9.17, 15) is 13.2 Å². The Hall–Kier alpha value is -2.38. The molecule has 2 saturated heterocycles. The van der Waals surface area contributed by atoms with Crippen LogP contribution in [0.4, 0.5) is 5.69 Å². The van der Waals surface area contributed by atoms with Crippen molar-refractivity contribution in [3.63, 3.8) is 0 Å². The van der Waals surface area contributed by atoms with Crippen LogP contribution in [0.5, 0.6) is 0 Å². The van der Waals surface area contributed by atoms with Gasteiger partial charge in [0.05, 0.1) is 11.7 Å². The van der Waals surface area contributed by atoms with Crippen molar-refractivity contribution >= 4 is 21.6 Å². The molecule has 184 valence electrons. The second kappa shape index (κ2) is 10.5. The van der Waals surface area contributed by atoms with Crippen LogP contribution in [0.15, 0.2) is 53.4 Å². The summed E-state index contributed by atoms with van der Waals surface area (Å²) >= 11 is 0. The largest absolute Gasteiger partial charge is 0.370 e. The van der Waals surface area contributed by atoms with Crippen LogP contribution in [0.3, 0.4) is 0 Å². The Morgan fingerprint density at radius 3 is 2.12 bits per heavy atom. The Morgan fingerprint density at radius 1 is 0.912 bits per heavy atom. The summed E-state index contributed by atoms with van der Waals surface area (Å²) in [6.07, 6.45) is 3.81. The molecule has 0 aromatic heterocycles. The lowest BCUT2D eigenvalue weighted by atomic mass is 9.98. The lowest BCUT2D eigenvalue weighted by Gasteiger charge is -2.35. The smallest absolute Gasteiger partial charge is 0.251 e. The number of amides is 1. The molecule has 0 unspecified atom stereocenters. The van der Waals surface area contributed by atoms with E-state index in [4.69, 9.17) is 0 Å². The lowest BCUT2D eigenvalue weighted by molar-refractivity contribution is 0.0939. The predicted molar refractivity (Wildman–Crippen MR) is 137 cm³/mol. The van der Waals surface area contributed by atoms with Crippen molar-refractivity contribution in [1.29, 1.82) is 0 Å². The molecule has 0 saturated carbocycles. The third-order valence-corrected chi connectivity index (χ3v) is 9.28. The number of nitrogens with zero attached hydrogens (tertiary/aromatic N) is 2. The minimum absolute atomic E-state index is 0.180. The molecule has 2 aromatic rings. The number of hydrogen-bond donors (Lipinski definition) is 1. The molecule has 2 aliphatic heterocycles. The summed E-state index contributed by atoms with van der Waals surface area (Å²) in [6, 6.07) is 14.8. The zero-order valence-electron chi connectivity index (χ0n) is 20.5. The molecular formula is C27H37N3O3S. The van der Waals surface area contributed by atoms with Gasteiger partial charge in [0, 0.05) is 31.7 Å². The standard InChI is InChI=1S/C27H37N3O3S/c1-20-11-15-29(16-12-20)25-10-9-24(27(31)28-22(3)23-7-5-4-6-8-23)19-26(25)34(32,33)30-17-13-21(2)14-18-30/h4-10,19-22H,11-18H2,1-3H3,(H,28,31)/t22-/m0/s1. The van der Waals surface area contributed by atoms with Gasteiger partial charge >= 0.3 is 0 Å². The second-order valence-corrected chi connectivity index (χ2v) is 12.0. The van der Waals surface area contributed by atoms with Gasteiger partial charge in [-0.25, -0.2) is 8.42 Å². The molecule has 0 bridgehead atoms. The number of hydrogen-bond acceptors (Lipinski definition) is 4. The molecule has 1 atom stereocenters. The maximum absolute atomic E-state index is 13.8. The molecule has 1 amide bonds. The Balaban J connectivity index is 1.65. The minimum atomic E-state index is -3.70. The summed E-state index contributed by atoms with van der Waals surface area (Å²) in [5.41, 5.74) is 2.10. The summed E-state index contributed by atoms with van der Waals surface area (Å²) in [5, 5.41) is 3.02. The summed E-state index contributed by atoms with van der Waals surface area (Å²) in [4.78, 5) is 15.6. The molecule has 4 rings (SSSR count). The van der Waals surface area contributed by atoms with Crippen LogP contribution in [0.2, 0.25) is 0 Å². The molecule has 2 heterocycles. The predicted octanol–water partition coefficient (Wildman–Crippen LogP) is 4.83. The van der Waals surface area contributed by atoms with E-state index in [1.54, 1.807) is 16.4 Å². The topological polar surface area (TPSA) is 69.7 Å². The van der Waals surface area contributed by atoms with Crippen LogP contribution >= 0.6 is 0 Å². The summed E-state index contributed by atoms with van der Waals surface area (Å²) in [7, 11) is -3.70. The van der Waals surface area contributed by atoms with Crippen molar-refractivity contribution in [2.75, 3.05) is 31.1 Å². The minimum Gasteiger partial charge on any atom is -0.370 e. The van der Waals surface area contributed by atoms with E-state index >= 15 is 0 Å². The Kier molecular flexibility index (Phi) is 7.63. The fraction of sp³-hybridized carbons (Fsp3) is 0.519. The van der Waals surface area contributed by atoms with Gasteiger partial charge in [0.1, 0.15) is 4.90 Å². The zero-order chi connectivity index (χ0) is 24.3. The first-order chi connectivity index (χ1) is 16.3. The van der Waals surface area contributed by atoms with E-state index in [1.165, 1.54) is 0 Å². The van der Waals surface area contributed by atoms with Gasteiger partial charge in [-0.3, -0.25) is 4.79 Å².